The minimum absolute atomic E-state index is 0. The lowest BCUT2D eigenvalue weighted by atomic mass is 10.1. The number of hydrogen-bond donors (Lipinski definition) is 0. The summed E-state index contributed by atoms with van der Waals surface area (Å²) in [6, 6.07) is 21.5. The largest absolute Gasteiger partial charge is 1.00 e. The number of halogens is 1. The number of anilines is 1. The zero-order valence-corrected chi connectivity index (χ0v) is 18.8. The van der Waals surface area contributed by atoms with Crippen molar-refractivity contribution in [1.82, 2.24) is 4.98 Å². The Bertz CT molecular complexity index is 1160. The second kappa shape index (κ2) is 8.27. The van der Waals surface area contributed by atoms with E-state index in [1.807, 2.05) is 6.92 Å². The molecule has 0 amide bonds. The molecule has 3 nitrogen and oxygen atoms in total. The van der Waals surface area contributed by atoms with Crippen LogP contribution in [0.15, 0.2) is 60.7 Å². The highest BCUT2D eigenvalue weighted by atomic mass is 127. The minimum Gasteiger partial charge on any atom is -1.00 e. The average molecular weight is 481 g/mol. The van der Waals surface area contributed by atoms with Crippen molar-refractivity contribution < 1.29 is 28.5 Å². The number of rotatable bonds is 3. The number of aromatic nitrogens is 2. The SMILES string of the molecule is Cc1ccc2c(ccc3c2ccc(/C=C/c2ccc(N(C)C)cc2)[n+]3C)n1.[I-]. The lowest BCUT2D eigenvalue weighted by Gasteiger charge is -2.11. The number of nitrogens with zero attached hydrogens (tertiary/aromatic N) is 3. The molecule has 2 aromatic carbocycles. The third kappa shape index (κ3) is 3.87. The first-order valence-electron chi connectivity index (χ1n) is 9.17. The molecule has 0 fully saturated rings. The number of hydrogen-bond acceptors (Lipinski definition) is 2. The summed E-state index contributed by atoms with van der Waals surface area (Å²) in [6.45, 7) is 2.03. The van der Waals surface area contributed by atoms with Gasteiger partial charge in [0.1, 0.15) is 7.05 Å². The zero-order chi connectivity index (χ0) is 19.0. The molecular weight excluding hydrogens is 457 g/mol. The van der Waals surface area contributed by atoms with Crippen molar-refractivity contribution in [1.29, 1.82) is 0 Å². The highest BCUT2D eigenvalue weighted by molar-refractivity contribution is 6.03. The number of benzene rings is 2. The molecule has 0 N–H and O–H groups in total. The number of fused-ring (bicyclic) bond motifs is 3. The highest BCUT2D eigenvalue weighted by Gasteiger charge is 2.12. The molecule has 142 valence electrons. The zero-order valence-electron chi connectivity index (χ0n) is 16.6. The molecule has 4 aromatic rings. The lowest BCUT2D eigenvalue weighted by Crippen LogP contribution is -3.00. The molecule has 0 bridgehead atoms. The molecule has 4 heteroatoms. The van der Waals surface area contributed by atoms with Crippen molar-refractivity contribution in [3.63, 3.8) is 0 Å². The Morgan fingerprint density at radius 3 is 2.25 bits per heavy atom. The van der Waals surface area contributed by atoms with Crippen LogP contribution in [0, 0.1) is 6.92 Å². The third-order valence-corrected chi connectivity index (χ3v) is 5.05. The van der Waals surface area contributed by atoms with Crippen molar-refractivity contribution in [2.24, 2.45) is 7.05 Å². The Balaban J connectivity index is 0.00000225. The van der Waals surface area contributed by atoms with Crippen LogP contribution in [0.1, 0.15) is 17.0 Å². The molecular formula is C24H24IN3. The Morgan fingerprint density at radius 2 is 1.54 bits per heavy atom. The van der Waals surface area contributed by atoms with Crippen molar-refractivity contribution in [2.45, 2.75) is 6.92 Å². The first kappa shape index (κ1) is 20.3. The van der Waals surface area contributed by atoms with Crippen molar-refractivity contribution in [2.75, 3.05) is 19.0 Å². The van der Waals surface area contributed by atoms with E-state index in [1.54, 1.807) is 0 Å². The van der Waals surface area contributed by atoms with Gasteiger partial charge in [-0.1, -0.05) is 18.2 Å². The summed E-state index contributed by atoms with van der Waals surface area (Å²) < 4.78 is 2.24. The molecule has 0 unspecified atom stereocenters. The topological polar surface area (TPSA) is 20.0 Å². The van der Waals surface area contributed by atoms with Crippen LogP contribution < -0.4 is 33.4 Å². The van der Waals surface area contributed by atoms with Gasteiger partial charge in [-0.15, -0.1) is 0 Å². The number of aryl methyl sites for hydroxylation is 2. The molecule has 0 radical (unpaired) electrons. The van der Waals surface area contributed by atoms with Gasteiger partial charge < -0.3 is 28.9 Å². The molecule has 0 atom stereocenters. The summed E-state index contributed by atoms with van der Waals surface area (Å²) in [6.07, 6.45) is 4.33. The van der Waals surface area contributed by atoms with E-state index in [1.165, 1.54) is 33.2 Å². The molecule has 0 saturated carbocycles. The van der Waals surface area contributed by atoms with Gasteiger partial charge in [-0.05, 0) is 48.9 Å². The van der Waals surface area contributed by atoms with Crippen molar-refractivity contribution in [3.8, 4) is 0 Å². The summed E-state index contributed by atoms with van der Waals surface area (Å²) in [5.41, 5.74) is 6.87. The van der Waals surface area contributed by atoms with Gasteiger partial charge in [0.25, 0.3) is 0 Å². The molecule has 0 aliphatic heterocycles. The normalized spacial score (nSPS) is 11.1. The standard InChI is InChI=1S/C24H24N3.HI/c1-17-5-13-21-22-14-12-20(27(4)24(22)16-15-23(21)25-17)11-8-18-6-9-19(10-7-18)26(2)3;/h5-16H,1-4H3;1H/q+1;/p-1. The predicted octanol–water partition coefficient (Wildman–Crippen LogP) is 1.76. The van der Waals surface area contributed by atoms with Gasteiger partial charge in [0.2, 0.25) is 11.2 Å². The maximum absolute atomic E-state index is 4.65. The van der Waals surface area contributed by atoms with Gasteiger partial charge >= 0.3 is 0 Å². The molecule has 0 aliphatic rings. The van der Waals surface area contributed by atoms with E-state index in [-0.39, 0.29) is 24.0 Å². The Kier molecular flexibility index (Phi) is 5.98. The van der Waals surface area contributed by atoms with Crippen molar-refractivity contribution >= 4 is 39.6 Å². The second-order valence-electron chi connectivity index (χ2n) is 7.15. The monoisotopic (exact) mass is 481 g/mol. The van der Waals surface area contributed by atoms with E-state index in [2.05, 4.69) is 108 Å². The summed E-state index contributed by atoms with van der Waals surface area (Å²) in [5, 5.41) is 2.43. The van der Waals surface area contributed by atoms with Crippen LogP contribution in [0.2, 0.25) is 0 Å². The first-order chi connectivity index (χ1) is 13.0. The van der Waals surface area contributed by atoms with Gasteiger partial charge in [-0.25, -0.2) is 0 Å². The minimum atomic E-state index is 0. The average Bonchev–Trinajstić information content (AvgIpc) is 2.67. The van der Waals surface area contributed by atoms with Gasteiger partial charge in [-0.3, -0.25) is 4.98 Å². The molecule has 0 spiro atoms. The van der Waals surface area contributed by atoms with Crippen LogP contribution in [0.4, 0.5) is 5.69 Å². The molecule has 4 rings (SSSR count). The highest BCUT2D eigenvalue weighted by Crippen LogP contribution is 2.23. The molecule has 2 aromatic heterocycles. The van der Waals surface area contributed by atoms with E-state index in [9.17, 15) is 0 Å². The lowest BCUT2D eigenvalue weighted by molar-refractivity contribution is -0.646. The summed E-state index contributed by atoms with van der Waals surface area (Å²) in [7, 11) is 6.23. The molecule has 0 saturated heterocycles. The summed E-state index contributed by atoms with van der Waals surface area (Å²) in [4.78, 5) is 6.76. The quantitative estimate of drug-likeness (QED) is 0.253. The van der Waals surface area contributed by atoms with Gasteiger partial charge in [0, 0.05) is 49.1 Å². The Hall–Kier alpha value is -2.47. The van der Waals surface area contributed by atoms with E-state index >= 15 is 0 Å². The molecule has 28 heavy (non-hydrogen) atoms. The van der Waals surface area contributed by atoms with Gasteiger partial charge in [0.15, 0.2) is 0 Å². The third-order valence-electron chi connectivity index (χ3n) is 5.05. The van der Waals surface area contributed by atoms with Crippen LogP contribution in [-0.4, -0.2) is 19.1 Å². The fourth-order valence-corrected chi connectivity index (χ4v) is 3.44. The summed E-state index contributed by atoms with van der Waals surface area (Å²) >= 11 is 0. The molecule has 2 heterocycles. The van der Waals surface area contributed by atoms with Crippen LogP contribution in [0.5, 0.6) is 0 Å². The maximum atomic E-state index is 4.65. The fraction of sp³-hybridized carbons (Fsp3) is 0.167. The van der Waals surface area contributed by atoms with Gasteiger partial charge in [0.05, 0.1) is 10.9 Å². The van der Waals surface area contributed by atoms with Gasteiger partial charge in [-0.2, -0.15) is 4.57 Å². The van der Waals surface area contributed by atoms with E-state index in [0.717, 1.165) is 11.2 Å². The predicted molar refractivity (Wildman–Crippen MR) is 115 cm³/mol. The summed E-state index contributed by atoms with van der Waals surface area (Å²) in [5.74, 6) is 0. The first-order valence-corrected chi connectivity index (χ1v) is 9.17. The maximum Gasteiger partial charge on any atom is 0.213 e. The smallest absolute Gasteiger partial charge is 0.213 e. The molecule has 0 aliphatic carbocycles. The Morgan fingerprint density at radius 1 is 0.821 bits per heavy atom. The van der Waals surface area contributed by atoms with Crippen molar-refractivity contribution in [3.05, 3.63) is 77.6 Å². The second-order valence-corrected chi connectivity index (χ2v) is 7.15. The number of pyridine rings is 2. The van der Waals surface area contributed by atoms with Crippen LogP contribution in [-0.2, 0) is 7.05 Å². The van der Waals surface area contributed by atoms with E-state index in [0.29, 0.717) is 0 Å². The van der Waals surface area contributed by atoms with Crippen LogP contribution >= 0.6 is 0 Å². The Labute approximate surface area is 183 Å². The van der Waals surface area contributed by atoms with Crippen LogP contribution in [0.3, 0.4) is 0 Å². The fourth-order valence-electron chi connectivity index (χ4n) is 3.44. The van der Waals surface area contributed by atoms with Crippen LogP contribution in [0.25, 0.3) is 34.0 Å². The van der Waals surface area contributed by atoms with E-state index in [4.69, 9.17) is 0 Å². The van der Waals surface area contributed by atoms with E-state index < -0.39 is 0 Å².